The number of halogens is 2. The Morgan fingerprint density at radius 2 is 0.619 bits per heavy atom. The van der Waals surface area contributed by atoms with E-state index in [2.05, 4.69) is 114 Å². The van der Waals surface area contributed by atoms with Crippen molar-refractivity contribution in [2.24, 2.45) is 0 Å². The molecular weight excluding hydrogens is 424 g/mol. The third-order valence-electron chi connectivity index (χ3n) is 4.14. The van der Waals surface area contributed by atoms with Gasteiger partial charge in [0.1, 0.15) is 0 Å². The average Bonchev–Trinajstić information content (AvgIpc) is 2.09. The first-order chi connectivity index (χ1) is 8.71. The Bertz CT molecular complexity index is 304. The smallest absolute Gasteiger partial charge is 0.264 e. The zero-order chi connectivity index (χ0) is 17.7. The molecule has 0 fully saturated rings. The van der Waals surface area contributed by atoms with Gasteiger partial charge >= 0.3 is 0 Å². The fourth-order valence-corrected chi connectivity index (χ4v) is 20.3. The number of hydrogen-bond donors (Lipinski definition) is 0. The Morgan fingerprint density at radius 3 is 0.714 bits per heavy atom. The standard InChI is InChI=1S/C16H36Br2OSi2/c1-13(2,3)20(17,14(4,5)6)19-21(18,15(7,8)9)16(10,11)12/h1-12H3. The van der Waals surface area contributed by atoms with Crippen LogP contribution in [0.3, 0.4) is 0 Å². The topological polar surface area (TPSA) is 9.23 Å². The van der Waals surface area contributed by atoms with E-state index in [1.807, 2.05) is 0 Å². The normalized spacial score (nSPS) is 16.3. The Balaban J connectivity index is 6.15. The third-order valence-corrected chi connectivity index (χ3v) is 31.3. The maximum Gasteiger partial charge on any atom is 0.264 e. The highest BCUT2D eigenvalue weighted by Gasteiger charge is 2.63. The van der Waals surface area contributed by atoms with Gasteiger partial charge in [-0.05, 0) is 20.2 Å². The predicted octanol–water partition coefficient (Wildman–Crippen LogP) is 7.88. The van der Waals surface area contributed by atoms with Crippen LogP contribution in [-0.2, 0) is 4.12 Å². The van der Waals surface area contributed by atoms with Crippen molar-refractivity contribution in [3.63, 3.8) is 0 Å². The van der Waals surface area contributed by atoms with E-state index in [-0.39, 0.29) is 20.2 Å². The van der Waals surface area contributed by atoms with Gasteiger partial charge < -0.3 is 4.12 Å². The maximum absolute atomic E-state index is 7.19. The SMILES string of the molecule is CC(C)(C)[Si](Br)(O[Si](Br)(C(C)(C)C)C(C)(C)C)C(C)(C)C. The van der Waals surface area contributed by atoms with E-state index in [0.29, 0.717) is 0 Å². The van der Waals surface area contributed by atoms with Crippen LogP contribution in [-0.4, -0.2) is 13.9 Å². The van der Waals surface area contributed by atoms with Crippen LogP contribution in [0.25, 0.3) is 0 Å². The van der Waals surface area contributed by atoms with Crippen molar-refractivity contribution in [2.45, 2.75) is 103 Å². The summed E-state index contributed by atoms with van der Waals surface area (Å²) in [5, 5.41) is 0.475. The quantitative estimate of drug-likeness (QED) is 0.301. The molecule has 0 aromatic heterocycles. The molecule has 0 spiro atoms. The maximum atomic E-state index is 7.19. The van der Waals surface area contributed by atoms with E-state index in [9.17, 15) is 0 Å². The first-order valence-corrected chi connectivity index (χ1v) is 16.1. The molecule has 5 heteroatoms. The van der Waals surface area contributed by atoms with Crippen molar-refractivity contribution in [1.29, 1.82) is 0 Å². The molecule has 0 saturated heterocycles. The summed E-state index contributed by atoms with van der Waals surface area (Å²) >= 11 is 8.34. The molecule has 0 unspecified atom stereocenters. The van der Waals surface area contributed by atoms with E-state index < -0.39 is 13.9 Å². The van der Waals surface area contributed by atoms with Crippen molar-refractivity contribution < 1.29 is 4.12 Å². The van der Waals surface area contributed by atoms with E-state index in [4.69, 9.17) is 4.12 Å². The second-order valence-corrected chi connectivity index (χ2v) is 26.2. The van der Waals surface area contributed by atoms with E-state index in [0.717, 1.165) is 0 Å². The predicted molar refractivity (Wildman–Crippen MR) is 109 cm³/mol. The first kappa shape index (κ1) is 22.4. The highest BCUT2D eigenvalue weighted by molar-refractivity contribution is 9.27. The van der Waals surface area contributed by atoms with Crippen molar-refractivity contribution >= 4 is 44.5 Å². The van der Waals surface area contributed by atoms with Crippen molar-refractivity contribution in [3.8, 4) is 0 Å². The molecule has 0 heterocycles. The van der Waals surface area contributed by atoms with Gasteiger partial charge in [-0.15, -0.1) is 0 Å². The molecule has 0 aliphatic heterocycles. The van der Waals surface area contributed by atoms with Crippen molar-refractivity contribution in [1.82, 2.24) is 0 Å². The van der Waals surface area contributed by atoms with Gasteiger partial charge in [0.25, 0.3) is 13.9 Å². The van der Waals surface area contributed by atoms with Crippen LogP contribution in [0, 0.1) is 0 Å². The average molecular weight is 460 g/mol. The monoisotopic (exact) mass is 458 g/mol. The van der Waals surface area contributed by atoms with Gasteiger partial charge in [-0.3, -0.25) is 0 Å². The molecule has 21 heavy (non-hydrogen) atoms. The Morgan fingerprint density at radius 1 is 0.476 bits per heavy atom. The van der Waals surface area contributed by atoms with E-state index in [1.165, 1.54) is 0 Å². The van der Waals surface area contributed by atoms with Crippen LogP contribution in [0.1, 0.15) is 83.1 Å². The van der Waals surface area contributed by atoms with Gasteiger partial charge in [0, 0.05) is 0 Å². The third kappa shape index (κ3) is 4.26. The summed E-state index contributed by atoms with van der Waals surface area (Å²) in [6.07, 6.45) is 0. The summed E-state index contributed by atoms with van der Waals surface area (Å²) in [7, 11) is 0. The summed E-state index contributed by atoms with van der Waals surface area (Å²) in [4.78, 5) is 0. The van der Waals surface area contributed by atoms with Crippen LogP contribution in [0.4, 0.5) is 0 Å². The molecule has 0 aromatic rings. The van der Waals surface area contributed by atoms with E-state index >= 15 is 0 Å². The summed E-state index contributed by atoms with van der Waals surface area (Å²) in [5.74, 6) is 0. The van der Waals surface area contributed by atoms with Gasteiger partial charge in [0.05, 0.1) is 0 Å². The zero-order valence-corrected chi connectivity index (χ0v) is 21.3. The summed E-state index contributed by atoms with van der Waals surface area (Å²) in [6, 6.07) is 0. The van der Waals surface area contributed by atoms with Gasteiger partial charge in [0.2, 0.25) is 0 Å². The van der Waals surface area contributed by atoms with Crippen LogP contribution < -0.4 is 0 Å². The van der Waals surface area contributed by atoms with Gasteiger partial charge in [-0.25, -0.2) is 0 Å². The molecule has 128 valence electrons. The molecule has 0 aromatic carbocycles. The molecule has 0 rings (SSSR count). The molecule has 0 N–H and O–H groups in total. The molecule has 0 aliphatic carbocycles. The van der Waals surface area contributed by atoms with Gasteiger partial charge in [-0.1, -0.05) is 114 Å². The fourth-order valence-electron chi connectivity index (χ4n) is 3.06. The Hall–Kier alpha value is 1.35. The fraction of sp³-hybridized carbons (Fsp3) is 1.00. The zero-order valence-electron chi connectivity index (χ0n) is 16.2. The molecule has 0 atom stereocenters. The van der Waals surface area contributed by atoms with Crippen molar-refractivity contribution in [2.75, 3.05) is 0 Å². The summed E-state index contributed by atoms with van der Waals surface area (Å²) in [6.45, 7) is 23.4. The van der Waals surface area contributed by atoms with Crippen LogP contribution in [0.2, 0.25) is 20.2 Å². The Kier molecular flexibility index (Phi) is 6.40. The highest BCUT2D eigenvalue weighted by atomic mass is 79.9. The van der Waals surface area contributed by atoms with Crippen LogP contribution in [0.5, 0.6) is 0 Å². The van der Waals surface area contributed by atoms with Crippen LogP contribution in [0.15, 0.2) is 0 Å². The molecule has 0 aliphatic rings. The van der Waals surface area contributed by atoms with Gasteiger partial charge in [0.15, 0.2) is 0 Å². The summed E-state index contributed by atoms with van der Waals surface area (Å²) in [5.41, 5.74) is 0. The van der Waals surface area contributed by atoms with Gasteiger partial charge in [-0.2, -0.15) is 0 Å². The van der Waals surface area contributed by atoms with E-state index in [1.54, 1.807) is 0 Å². The largest absolute Gasteiger partial charge is 0.438 e. The summed E-state index contributed by atoms with van der Waals surface area (Å²) < 4.78 is 7.19. The minimum Gasteiger partial charge on any atom is -0.438 e. The van der Waals surface area contributed by atoms with Crippen molar-refractivity contribution in [3.05, 3.63) is 0 Å². The lowest BCUT2D eigenvalue weighted by atomic mass is 10.2. The highest BCUT2D eigenvalue weighted by Crippen LogP contribution is 2.63. The Labute approximate surface area is 151 Å². The molecule has 0 bridgehead atoms. The second-order valence-electron chi connectivity index (χ2n) is 10.3. The molecule has 0 radical (unpaired) electrons. The van der Waals surface area contributed by atoms with Crippen LogP contribution >= 0.6 is 30.6 Å². The number of rotatable bonds is 2. The minimum atomic E-state index is -2.18. The minimum absolute atomic E-state index is 0.119. The second kappa shape index (κ2) is 6.01. The lowest BCUT2D eigenvalue weighted by molar-refractivity contribution is 0.402. The first-order valence-electron chi connectivity index (χ1n) is 7.79. The number of hydrogen-bond acceptors (Lipinski definition) is 1. The lowest BCUT2D eigenvalue weighted by Crippen LogP contribution is -2.61. The molecule has 1 nitrogen and oxygen atoms in total. The molecule has 0 amide bonds. The molecular formula is C16H36Br2OSi2. The lowest BCUT2D eigenvalue weighted by Gasteiger charge is -2.56. The molecule has 0 saturated carbocycles.